The maximum atomic E-state index is 12.4. The first kappa shape index (κ1) is 21.9. The second-order valence-corrected chi connectivity index (χ2v) is 7.02. The average molecular weight is 368 g/mol. The molecule has 1 atom stereocenters. The molecule has 4 nitrogen and oxygen atoms in total. The molecule has 1 fully saturated rings. The first-order valence-corrected chi connectivity index (χ1v) is 9.32. The lowest BCUT2D eigenvalue weighted by Gasteiger charge is -2.35. The van der Waals surface area contributed by atoms with Gasteiger partial charge < -0.3 is 10.6 Å². The Balaban J connectivity index is 0.00000312. The molecule has 1 heterocycles. The third kappa shape index (κ3) is 6.96. The quantitative estimate of drug-likeness (QED) is 0.742. The number of rotatable bonds is 8. The second-order valence-electron chi connectivity index (χ2n) is 7.02. The summed E-state index contributed by atoms with van der Waals surface area (Å²) in [5, 5.41) is 6.34. The van der Waals surface area contributed by atoms with Gasteiger partial charge in [0.2, 0.25) is 5.91 Å². The van der Waals surface area contributed by atoms with Crippen molar-refractivity contribution in [2.24, 2.45) is 5.92 Å². The fourth-order valence-corrected chi connectivity index (χ4v) is 3.50. The zero-order chi connectivity index (χ0) is 17.4. The standard InChI is InChI=1S/C20H33N3O.ClH/c1-16-6-4-5-7-19(16)9-13-22-20(24)17(2)23-14-10-18(11-15-23)8-12-21-3;/h4-7,17-18,21H,8-15H2,1-3H3,(H,22,24);1H. The molecule has 5 heteroatoms. The number of benzene rings is 1. The summed E-state index contributed by atoms with van der Waals surface area (Å²) >= 11 is 0. The van der Waals surface area contributed by atoms with Crippen molar-refractivity contribution < 1.29 is 4.79 Å². The molecule has 0 aliphatic carbocycles. The second kappa shape index (κ2) is 11.5. The van der Waals surface area contributed by atoms with Crippen LogP contribution in [0.4, 0.5) is 0 Å². The van der Waals surface area contributed by atoms with Gasteiger partial charge in [-0.1, -0.05) is 24.3 Å². The molecule has 1 aromatic carbocycles. The summed E-state index contributed by atoms with van der Waals surface area (Å²) < 4.78 is 0. The van der Waals surface area contributed by atoms with E-state index in [9.17, 15) is 4.79 Å². The predicted molar refractivity (Wildman–Crippen MR) is 107 cm³/mol. The summed E-state index contributed by atoms with van der Waals surface area (Å²) in [6.45, 7) is 8.06. The molecule has 1 saturated heterocycles. The van der Waals surface area contributed by atoms with E-state index in [0.29, 0.717) is 6.54 Å². The number of nitrogens with one attached hydrogen (secondary N) is 2. The molecule has 0 aromatic heterocycles. The van der Waals surface area contributed by atoms with Crippen molar-refractivity contribution in [3.05, 3.63) is 35.4 Å². The number of likely N-dealkylation sites (tertiary alicyclic amines) is 1. The number of halogens is 1. The molecule has 0 radical (unpaired) electrons. The number of carbonyl (C=O) groups is 1. The van der Waals surface area contributed by atoms with Crippen molar-refractivity contribution in [3.8, 4) is 0 Å². The number of carbonyl (C=O) groups excluding carboxylic acids is 1. The monoisotopic (exact) mass is 367 g/mol. The zero-order valence-electron chi connectivity index (χ0n) is 15.9. The number of piperidine rings is 1. The summed E-state index contributed by atoms with van der Waals surface area (Å²) in [5.74, 6) is 0.974. The lowest BCUT2D eigenvalue weighted by molar-refractivity contribution is -0.126. The molecule has 1 aliphatic heterocycles. The van der Waals surface area contributed by atoms with E-state index in [-0.39, 0.29) is 24.4 Å². The minimum absolute atomic E-state index is 0. The van der Waals surface area contributed by atoms with E-state index in [1.54, 1.807) is 0 Å². The molecule has 1 aliphatic rings. The summed E-state index contributed by atoms with van der Waals surface area (Å²) in [7, 11) is 2.01. The molecule has 142 valence electrons. The van der Waals surface area contributed by atoms with Crippen molar-refractivity contribution in [2.75, 3.05) is 33.2 Å². The molecule has 0 bridgehead atoms. The molecular formula is C20H34ClN3O. The Morgan fingerprint density at radius 3 is 2.56 bits per heavy atom. The number of nitrogens with zero attached hydrogens (tertiary/aromatic N) is 1. The van der Waals surface area contributed by atoms with Crippen molar-refractivity contribution in [1.82, 2.24) is 15.5 Å². The van der Waals surface area contributed by atoms with Gasteiger partial charge in [-0.05, 0) is 83.3 Å². The topological polar surface area (TPSA) is 44.4 Å². The lowest BCUT2D eigenvalue weighted by atomic mass is 9.93. The van der Waals surface area contributed by atoms with Crippen LogP contribution < -0.4 is 10.6 Å². The van der Waals surface area contributed by atoms with Crippen LogP contribution >= 0.6 is 12.4 Å². The Labute approximate surface area is 159 Å². The van der Waals surface area contributed by atoms with E-state index in [1.807, 2.05) is 14.0 Å². The normalized spacial score (nSPS) is 16.9. The summed E-state index contributed by atoms with van der Waals surface area (Å²) in [5.41, 5.74) is 2.61. The molecule has 1 aromatic rings. The number of hydrogen-bond acceptors (Lipinski definition) is 3. The van der Waals surface area contributed by atoms with E-state index in [0.717, 1.165) is 32.0 Å². The largest absolute Gasteiger partial charge is 0.354 e. The van der Waals surface area contributed by atoms with Gasteiger partial charge in [0.15, 0.2) is 0 Å². The van der Waals surface area contributed by atoms with Gasteiger partial charge in [-0.3, -0.25) is 9.69 Å². The van der Waals surface area contributed by atoms with Gasteiger partial charge in [0.25, 0.3) is 0 Å². The fourth-order valence-electron chi connectivity index (χ4n) is 3.50. The summed E-state index contributed by atoms with van der Waals surface area (Å²) in [6, 6.07) is 8.36. The van der Waals surface area contributed by atoms with Gasteiger partial charge in [-0.25, -0.2) is 0 Å². The van der Waals surface area contributed by atoms with Gasteiger partial charge in [-0.15, -0.1) is 12.4 Å². The van der Waals surface area contributed by atoms with Crippen molar-refractivity contribution in [2.45, 2.75) is 45.6 Å². The fraction of sp³-hybridized carbons (Fsp3) is 0.650. The smallest absolute Gasteiger partial charge is 0.237 e. The molecule has 0 spiro atoms. The maximum Gasteiger partial charge on any atom is 0.237 e. The molecule has 25 heavy (non-hydrogen) atoms. The summed E-state index contributed by atoms with van der Waals surface area (Å²) in [4.78, 5) is 14.7. The minimum Gasteiger partial charge on any atom is -0.354 e. The highest BCUT2D eigenvalue weighted by Gasteiger charge is 2.26. The van der Waals surface area contributed by atoms with Crippen LogP contribution in [0.2, 0.25) is 0 Å². The molecule has 1 amide bonds. The Bertz CT molecular complexity index is 515. The van der Waals surface area contributed by atoms with Crippen LogP contribution in [0.5, 0.6) is 0 Å². The Kier molecular flexibility index (Phi) is 10.1. The molecule has 0 saturated carbocycles. The van der Waals surface area contributed by atoms with Gasteiger partial charge in [0.05, 0.1) is 6.04 Å². The van der Waals surface area contributed by atoms with Crippen LogP contribution in [0.1, 0.15) is 37.3 Å². The molecule has 1 unspecified atom stereocenters. The van der Waals surface area contributed by atoms with Crippen LogP contribution in [-0.4, -0.2) is 50.1 Å². The van der Waals surface area contributed by atoms with Crippen molar-refractivity contribution in [1.29, 1.82) is 0 Å². The van der Waals surface area contributed by atoms with E-state index >= 15 is 0 Å². The predicted octanol–water partition coefficient (Wildman–Crippen LogP) is 2.79. The van der Waals surface area contributed by atoms with Gasteiger partial charge in [-0.2, -0.15) is 0 Å². The maximum absolute atomic E-state index is 12.4. The first-order chi connectivity index (χ1) is 11.6. The Morgan fingerprint density at radius 2 is 1.92 bits per heavy atom. The van der Waals surface area contributed by atoms with E-state index in [4.69, 9.17) is 0 Å². The number of hydrogen-bond donors (Lipinski definition) is 2. The highest BCUT2D eigenvalue weighted by Crippen LogP contribution is 2.21. The minimum atomic E-state index is -0.0212. The van der Waals surface area contributed by atoms with Crippen LogP contribution in [0.3, 0.4) is 0 Å². The van der Waals surface area contributed by atoms with Crippen LogP contribution in [-0.2, 0) is 11.2 Å². The van der Waals surface area contributed by atoms with E-state index in [1.165, 1.54) is 30.4 Å². The average Bonchev–Trinajstić information content (AvgIpc) is 2.61. The SMILES string of the molecule is CNCCC1CCN(C(C)C(=O)NCCc2ccccc2C)CC1.Cl. The molecule has 2 rings (SSSR count). The number of amides is 1. The highest BCUT2D eigenvalue weighted by molar-refractivity contribution is 5.85. The van der Waals surface area contributed by atoms with E-state index < -0.39 is 0 Å². The Hall–Kier alpha value is -1.10. The highest BCUT2D eigenvalue weighted by atomic mass is 35.5. The van der Waals surface area contributed by atoms with Gasteiger partial charge >= 0.3 is 0 Å². The molecular weight excluding hydrogens is 334 g/mol. The van der Waals surface area contributed by atoms with Crippen LogP contribution in [0, 0.1) is 12.8 Å². The van der Waals surface area contributed by atoms with Crippen molar-refractivity contribution >= 4 is 18.3 Å². The van der Waals surface area contributed by atoms with Gasteiger partial charge in [0.1, 0.15) is 0 Å². The third-order valence-electron chi connectivity index (χ3n) is 5.33. The van der Waals surface area contributed by atoms with Gasteiger partial charge in [0, 0.05) is 6.54 Å². The summed E-state index contributed by atoms with van der Waals surface area (Å²) in [6.07, 6.45) is 4.57. The van der Waals surface area contributed by atoms with Crippen LogP contribution in [0.25, 0.3) is 0 Å². The van der Waals surface area contributed by atoms with E-state index in [2.05, 4.69) is 46.7 Å². The Morgan fingerprint density at radius 1 is 1.24 bits per heavy atom. The van der Waals surface area contributed by atoms with Crippen LogP contribution in [0.15, 0.2) is 24.3 Å². The molecule has 2 N–H and O–H groups in total. The first-order valence-electron chi connectivity index (χ1n) is 9.32. The third-order valence-corrected chi connectivity index (χ3v) is 5.33. The lowest BCUT2D eigenvalue weighted by Crippen LogP contribution is -2.48. The van der Waals surface area contributed by atoms with Crippen molar-refractivity contribution in [3.63, 3.8) is 0 Å². The number of aryl methyl sites for hydroxylation is 1. The zero-order valence-corrected chi connectivity index (χ0v) is 16.7.